The summed E-state index contributed by atoms with van der Waals surface area (Å²) in [5.41, 5.74) is 0.731. The number of carboxylic acid groups (broad SMARTS) is 1. The largest absolute Gasteiger partial charge is 0.491 e. The number of hydrogen-bond donors (Lipinski definition) is 1. The van der Waals surface area contributed by atoms with Crippen LogP contribution in [-0.2, 0) is 6.54 Å². The van der Waals surface area contributed by atoms with Crippen molar-refractivity contribution in [3.8, 4) is 28.7 Å². The Kier molecular flexibility index (Phi) is 7.77. The third-order valence-electron chi connectivity index (χ3n) is 6.16. The average molecular weight is 617 g/mol. The number of aromatic carboxylic acids is 1. The summed E-state index contributed by atoms with van der Waals surface area (Å²) in [5, 5.41) is 20.5. The second kappa shape index (κ2) is 11.3. The van der Waals surface area contributed by atoms with Gasteiger partial charge in [0.25, 0.3) is 5.56 Å². The first-order chi connectivity index (χ1) is 19.6. The number of aryl methyl sites for hydroxylation is 1. The second-order valence-electron chi connectivity index (χ2n) is 8.54. The lowest BCUT2D eigenvalue weighted by Crippen LogP contribution is -2.27. The molecule has 14 heteroatoms. The molecule has 5 aromatic rings. The summed E-state index contributed by atoms with van der Waals surface area (Å²) in [4.78, 5) is 33.5. The highest BCUT2D eigenvalue weighted by molar-refractivity contribution is 7.18. The maximum atomic E-state index is 13.4. The molecule has 0 saturated heterocycles. The summed E-state index contributed by atoms with van der Waals surface area (Å²) in [6, 6.07) is 9.57. The van der Waals surface area contributed by atoms with Crippen LogP contribution >= 0.6 is 34.5 Å². The predicted molar refractivity (Wildman–Crippen MR) is 150 cm³/mol. The van der Waals surface area contributed by atoms with Gasteiger partial charge in [-0.2, -0.15) is 14.0 Å². The number of nitrogens with zero attached hydrogens (tertiary/aromatic N) is 4. The van der Waals surface area contributed by atoms with E-state index in [0.717, 1.165) is 6.07 Å². The Morgan fingerprint density at radius 1 is 1.22 bits per heavy atom. The molecule has 0 spiro atoms. The van der Waals surface area contributed by atoms with Crippen molar-refractivity contribution in [2.24, 2.45) is 0 Å². The molecule has 3 aromatic heterocycles. The molecule has 0 aliphatic rings. The van der Waals surface area contributed by atoms with Crippen molar-refractivity contribution >= 4 is 61.6 Å². The molecule has 0 amide bonds. The maximum absolute atomic E-state index is 13.4. The van der Waals surface area contributed by atoms with Crippen LogP contribution in [-0.4, -0.2) is 38.8 Å². The van der Waals surface area contributed by atoms with Gasteiger partial charge >= 0.3 is 12.6 Å². The number of halogens is 4. The van der Waals surface area contributed by atoms with E-state index in [1.807, 2.05) is 0 Å². The van der Waals surface area contributed by atoms with E-state index >= 15 is 0 Å². The lowest BCUT2D eigenvalue weighted by Gasteiger charge is -2.16. The minimum absolute atomic E-state index is 0.0101. The van der Waals surface area contributed by atoms with Crippen molar-refractivity contribution in [3.63, 3.8) is 0 Å². The molecule has 5 rings (SSSR count). The molecule has 0 bridgehead atoms. The Balaban J connectivity index is 1.49. The fourth-order valence-corrected chi connectivity index (χ4v) is 5.81. The SMILES string of the molecule is Cc1nc2cc(OC(F)F)c(Cl)c(C#N)c2c(=O)n1CCOc1ccc(Cl)cc1-c1ccnc2c(C(=O)O)csc12. The van der Waals surface area contributed by atoms with Crippen molar-refractivity contribution in [2.75, 3.05) is 6.61 Å². The van der Waals surface area contributed by atoms with Crippen molar-refractivity contribution in [2.45, 2.75) is 20.1 Å². The van der Waals surface area contributed by atoms with Gasteiger partial charge < -0.3 is 14.6 Å². The van der Waals surface area contributed by atoms with Gasteiger partial charge in [0.15, 0.2) is 0 Å². The van der Waals surface area contributed by atoms with Crippen molar-refractivity contribution < 1.29 is 28.2 Å². The van der Waals surface area contributed by atoms with Crippen LogP contribution < -0.4 is 15.0 Å². The van der Waals surface area contributed by atoms with Gasteiger partial charge in [-0.25, -0.2) is 9.78 Å². The number of benzene rings is 2. The molecule has 1 N–H and O–H groups in total. The molecule has 41 heavy (non-hydrogen) atoms. The molecule has 0 aliphatic heterocycles. The van der Waals surface area contributed by atoms with Crippen molar-refractivity contribution in [1.82, 2.24) is 14.5 Å². The summed E-state index contributed by atoms with van der Waals surface area (Å²) < 4.78 is 38.0. The van der Waals surface area contributed by atoms with E-state index < -0.39 is 28.9 Å². The van der Waals surface area contributed by atoms with Gasteiger partial charge in [-0.3, -0.25) is 14.3 Å². The molecule has 9 nitrogen and oxygen atoms in total. The highest BCUT2D eigenvalue weighted by atomic mass is 35.5. The molecule has 2 aromatic carbocycles. The van der Waals surface area contributed by atoms with E-state index in [0.29, 0.717) is 32.1 Å². The summed E-state index contributed by atoms with van der Waals surface area (Å²) in [7, 11) is 0. The smallest absolute Gasteiger partial charge is 0.387 e. The summed E-state index contributed by atoms with van der Waals surface area (Å²) in [6.07, 6.45) is 1.50. The van der Waals surface area contributed by atoms with Gasteiger partial charge in [-0.15, -0.1) is 11.3 Å². The first-order valence-electron chi connectivity index (χ1n) is 11.7. The van der Waals surface area contributed by atoms with Crippen LogP contribution in [0.1, 0.15) is 21.7 Å². The molecule has 208 valence electrons. The number of hydrogen-bond acceptors (Lipinski definition) is 8. The number of aromatic nitrogens is 3. The van der Waals surface area contributed by atoms with E-state index in [1.54, 1.807) is 37.3 Å². The first-order valence-corrected chi connectivity index (χ1v) is 13.3. The van der Waals surface area contributed by atoms with Gasteiger partial charge in [0.1, 0.15) is 35.0 Å². The monoisotopic (exact) mass is 616 g/mol. The number of alkyl halides is 2. The zero-order valence-electron chi connectivity index (χ0n) is 20.8. The van der Waals surface area contributed by atoms with E-state index in [9.17, 15) is 28.7 Å². The van der Waals surface area contributed by atoms with E-state index in [4.69, 9.17) is 27.9 Å². The number of nitriles is 1. The second-order valence-corrected chi connectivity index (χ2v) is 10.2. The highest BCUT2D eigenvalue weighted by Crippen LogP contribution is 2.39. The van der Waals surface area contributed by atoms with Gasteiger partial charge in [0.2, 0.25) is 0 Å². The van der Waals surface area contributed by atoms with E-state index in [-0.39, 0.29) is 41.0 Å². The third-order valence-corrected chi connectivity index (χ3v) is 7.77. The van der Waals surface area contributed by atoms with E-state index in [2.05, 4.69) is 14.7 Å². The van der Waals surface area contributed by atoms with Crippen LogP contribution in [0, 0.1) is 18.3 Å². The number of pyridine rings is 1. The van der Waals surface area contributed by atoms with Crippen LogP contribution in [0.4, 0.5) is 8.78 Å². The predicted octanol–water partition coefficient (Wildman–Crippen LogP) is 6.54. The summed E-state index contributed by atoms with van der Waals surface area (Å²) in [6.45, 7) is -1.63. The molecular formula is C27H16Cl2F2N4O5S. The Morgan fingerprint density at radius 3 is 2.71 bits per heavy atom. The van der Waals surface area contributed by atoms with Crippen LogP contribution in [0.15, 0.2) is 46.7 Å². The Labute approximate surface area is 243 Å². The van der Waals surface area contributed by atoms with Crippen molar-refractivity contribution in [1.29, 1.82) is 5.26 Å². The first kappa shape index (κ1) is 28.2. The number of fused-ring (bicyclic) bond motifs is 2. The molecule has 0 atom stereocenters. The van der Waals surface area contributed by atoms with Crippen LogP contribution in [0.25, 0.3) is 32.2 Å². The average Bonchev–Trinajstić information content (AvgIpc) is 3.37. The Morgan fingerprint density at radius 2 is 2.00 bits per heavy atom. The van der Waals surface area contributed by atoms with Crippen LogP contribution in [0.2, 0.25) is 10.0 Å². The molecule has 3 heterocycles. The topological polar surface area (TPSA) is 127 Å². The number of carbonyl (C=O) groups is 1. The minimum Gasteiger partial charge on any atom is -0.491 e. The zero-order chi connectivity index (χ0) is 29.4. The maximum Gasteiger partial charge on any atom is 0.387 e. The molecular weight excluding hydrogens is 601 g/mol. The summed E-state index contributed by atoms with van der Waals surface area (Å²) >= 11 is 13.6. The van der Waals surface area contributed by atoms with Crippen LogP contribution in [0.5, 0.6) is 11.5 Å². The lowest BCUT2D eigenvalue weighted by atomic mass is 10.0. The number of thiophene rings is 1. The highest BCUT2D eigenvalue weighted by Gasteiger charge is 2.22. The fourth-order valence-electron chi connectivity index (χ4n) is 4.37. The van der Waals surface area contributed by atoms with E-state index in [1.165, 1.54) is 27.5 Å². The number of carboxylic acids is 1. The molecule has 0 radical (unpaired) electrons. The molecule has 0 fully saturated rings. The van der Waals surface area contributed by atoms with Gasteiger partial charge in [0.05, 0.1) is 38.8 Å². The number of rotatable bonds is 8. The van der Waals surface area contributed by atoms with Crippen LogP contribution in [0.3, 0.4) is 0 Å². The standard InChI is InChI=1S/C27H16Cl2F2N4O5S/c1-12-34-18-9-20(40-27(30)31)22(29)16(10-32)21(18)25(36)35(12)6-7-39-19-3-2-13(28)8-15(19)14-4-5-33-23-17(26(37)38)11-41-24(14)23/h2-5,8-9,11,27H,6-7H2,1H3,(H,37,38). The van der Waals surface area contributed by atoms with Gasteiger partial charge in [-0.1, -0.05) is 23.2 Å². The summed E-state index contributed by atoms with van der Waals surface area (Å²) in [5.74, 6) is -0.889. The molecule has 0 aliphatic carbocycles. The molecule has 0 unspecified atom stereocenters. The van der Waals surface area contributed by atoms with Gasteiger partial charge in [-0.05, 0) is 31.2 Å². The number of ether oxygens (including phenoxy) is 2. The Hall–Kier alpha value is -4.31. The zero-order valence-corrected chi connectivity index (χ0v) is 23.2. The molecule has 0 saturated carbocycles. The third kappa shape index (κ3) is 5.27. The minimum atomic E-state index is -3.19. The fraction of sp³-hybridized carbons (Fsp3) is 0.148. The lowest BCUT2D eigenvalue weighted by molar-refractivity contribution is -0.0497. The Bertz CT molecular complexity index is 1960. The quantitative estimate of drug-likeness (QED) is 0.208. The normalized spacial score (nSPS) is 11.2. The van der Waals surface area contributed by atoms with Crippen molar-refractivity contribution in [3.05, 3.63) is 79.3 Å². The van der Waals surface area contributed by atoms with Gasteiger partial charge in [0, 0.05) is 33.8 Å².